The molecule has 9 nitrogen and oxygen atoms in total. The van der Waals surface area contributed by atoms with Gasteiger partial charge in [0.1, 0.15) is 5.75 Å². The van der Waals surface area contributed by atoms with Gasteiger partial charge in [-0.25, -0.2) is 0 Å². The van der Waals surface area contributed by atoms with Gasteiger partial charge in [0.05, 0.1) is 17.4 Å². The summed E-state index contributed by atoms with van der Waals surface area (Å²) in [5.74, 6) is -1.69. The van der Waals surface area contributed by atoms with Crippen molar-refractivity contribution in [2.75, 3.05) is 22.9 Å². The van der Waals surface area contributed by atoms with E-state index in [4.69, 9.17) is 5.73 Å². The molecule has 3 saturated carbocycles. The van der Waals surface area contributed by atoms with Crippen molar-refractivity contribution in [2.24, 2.45) is 23.5 Å². The van der Waals surface area contributed by atoms with Gasteiger partial charge in [-0.3, -0.25) is 19.2 Å². The minimum Gasteiger partial charge on any atom is -0.508 e. The lowest BCUT2D eigenvalue weighted by Crippen LogP contribution is -2.71. The highest BCUT2D eigenvalue weighted by Gasteiger charge is 2.58. The minimum absolute atomic E-state index is 0.0349. The van der Waals surface area contributed by atoms with E-state index in [-0.39, 0.29) is 42.3 Å². The second-order valence-electron chi connectivity index (χ2n) is 12.7. The predicted octanol–water partition coefficient (Wildman–Crippen LogP) is 3.47. The number of benzene rings is 2. The van der Waals surface area contributed by atoms with Crippen molar-refractivity contribution in [1.29, 1.82) is 0 Å². The van der Waals surface area contributed by atoms with Crippen LogP contribution < -0.4 is 20.9 Å². The van der Waals surface area contributed by atoms with E-state index in [0.29, 0.717) is 30.0 Å². The molecule has 1 atom stereocenters. The number of nitrogens with two attached hydrogens (primary N) is 1. The van der Waals surface area contributed by atoms with Crippen LogP contribution >= 0.6 is 0 Å². The third-order valence-corrected chi connectivity index (χ3v) is 9.27. The third kappa shape index (κ3) is 5.79. The van der Waals surface area contributed by atoms with Crippen LogP contribution in [0.5, 0.6) is 5.75 Å². The summed E-state index contributed by atoms with van der Waals surface area (Å²) in [6, 6.07) is 12.4. The molecule has 0 saturated heterocycles. The summed E-state index contributed by atoms with van der Waals surface area (Å²) in [6.45, 7) is 0.757. The number of hydrogen-bond acceptors (Lipinski definition) is 6. The van der Waals surface area contributed by atoms with Gasteiger partial charge in [-0.05, 0) is 92.5 Å². The Morgan fingerprint density at radius 1 is 0.833 bits per heavy atom. The maximum Gasteiger partial charge on any atom is 0.264 e. The van der Waals surface area contributed by atoms with Crippen LogP contribution in [0.15, 0.2) is 48.5 Å². The Labute approximate surface area is 246 Å². The van der Waals surface area contributed by atoms with Crippen molar-refractivity contribution in [3.8, 4) is 5.75 Å². The third-order valence-electron chi connectivity index (χ3n) is 9.27. The first kappa shape index (κ1) is 28.4. The van der Waals surface area contributed by atoms with Gasteiger partial charge in [-0.15, -0.1) is 0 Å². The van der Waals surface area contributed by atoms with Gasteiger partial charge in [0.25, 0.3) is 11.8 Å². The van der Waals surface area contributed by atoms with Crippen LogP contribution in [0.1, 0.15) is 63.4 Å². The van der Waals surface area contributed by atoms with Crippen molar-refractivity contribution in [2.45, 2.75) is 75.8 Å². The van der Waals surface area contributed by atoms with E-state index in [9.17, 15) is 24.3 Å². The van der Waals surface area contributed by atoms with Crippen LogP contribution in [0.2, 0.25) is 0 Å². The second-order valence-corrected chi connectivity index (χ2v) is 12.7. The minimum atomic E-state index is -2.51. The molecule has 0 bridgehead atoms. The largest absolute Gasteiger partial charge is 0.508 e. The lowest BCUT2D eigenvalue weighted by molar-refractivity contribution is -0.144. The van der Waals surface area contributed by atoms with Crippen molar-refractivity contribution in [3.63, 3.8) is 0 Å². The number of nitrogens with zero attached hydrogens (tertiary/aromatic N) is 2. The fourth-order valence-corrected chi connectivity index (χ4v) is 6.43. The lowest BCUT2D eigenvalue weighted by atomic mass is 9.84. The Kier molecular flexibility index (Phi) is 7.79. The van der Waals surface area contributed by atoms with E-state index in [2.05, 4.69) is 5.32 Å². The maximum atomic E-state index is 14.6. The Balaban J connectivity index is 1.37. The lowest BCUT2D eigenvalue weighted by Gasteiger charge is -2.33. The van der Waals surface area contributed by atoms with E-state index in [1.54, 1.807) is 12.1 Å². The Hall–Kier alpha value is -3.72. The molecule has 2 aromatic rings. The molecule has 1 heterocycles. The molecule has 3 amide bonds. The maximum absolute atomic E-state index is 14.6. The zero-order valence-corrected chi connectivity index (χ0v) is 24.0. The number of nitrogens with one attached hydrogen (secondary N) is 1. The number of phenolic OH excluding ortho intramolecular Hbond substituents is 1. The van der Waals surface area contributed by atoms with Crippen molar-refractivity contribution < 1.29 is 24.3 Å². The molecule has 0 aromatic heterocycles. The average Bonchev–Trinajstić information content (AvgIpc) is 3.93. The van der Waals surface area contributed by atoms with Crippen molar-refractivity contribution >= 4 is 34.9 Å². The first-order valence-electron chi connectivity index (χ1n) is 15.4. The van der Waals surface area contributed by atoms with Gasteiger partial charge < -0.3 is 26.0 Å². The fraction of sp³-hybridized carbons (Fsp3) is 0.515. The second kappa shape index (κ2) is 11.5. The Bertz CT molecular complexity index is 1310. The summed E-state index contributed by atoms with van der Waals surface area (Å²) in [5.41, 5.74) is 6.17. The standard InChI is InChI=1S/C33H40N4O5/c34-33(30(40)26(17-22-13-15-25(38)16-14-22)35-29(39)18-21-5-1-2-6-21)31(41)36(19-23-9-10-23)27-7-3-4-8-28(27)37(32(33)42)20-24-11-12-24/h3-4,7-8,13-16,21,23-24,26,38H,1-2,5-6,9-12,17-20,34H2,(H,35,39)/t26-/m0/s1. The molecule has 9 heteroatoms. The Morgan fingerprint density at radius 3 is 1.86 bits per heavy atom. The molecule has 0 radical (unpaired) electrons. The Morgan fingerprint density at radius 2 is 1.36 bits per heavy atom. The van der Waals surface area contributed by atoms with E-state index in [1.165, 1.54) is 21.9 Å². The van der Waals surface area contributed by atoms with Crippen LogP contribution in [0, 0.1) is 17.8 Å². The van der Waals surface area contributed by atoms with E-state index >= 15 is 0 Å². The molecule has 0 unspecified atom stereocenters. The number of para-hydroxylation sites is 2. The predicted molar refractivity (Wildman–Crippen MR) is 159 cm³/mol. The highest BCUT2D eigenvalue weighted by molar-refractivity contribution is 6.37. The summed E-state index contributed by atoms with van der Waals surface area (Å²) in [5, 5.41) is 12.7. The van der Waals surface area contributed by atoms with Crippen LogP contribution in [-0.2, 0) is 25.6 Å². The molecule has 42 heavy (non-hydrogen) atoms. The zero-order valence-electron chi connectivity index (χ0n) is 24.0. The topological polar surface area (TPSA) is 133 Å². The van der Waals surface area contributed by atoms with Gasteiger partial charge in [0.15, 0.2) is 5.78 Å². The number of amides is 3. The number of carbonyl (C=O) groups is 4. The normalized spacial score (nSPS) is 21.2. The van der Waals surface area contributed by atoms with Crippen LogP contribution in [0.4, 0.5) is 11.4 Å². The fourth-order valence-electron chi connectivity index (χ4n) is 6.43. The van der Waals surface area contributed by atoms with Gasteiger partial charge >= 0.3 is 0 Å². The number of phenols is 1. The molecule has 1 aliphatic heterocycles. The van der Waals surface area contributed by atoms with E-state index in [1.807, 2.05) is 24.3 Å². The van der Waals surface area contributed by atoms with Crippen LogP contribution in [0.25, 0.3) is 0 Å². The molecule has 4 aliphatic rings. The molecule has 3 aliphatic carbocycles. The zero-order chi connectivity index (χ0) is 29.4. The molecule has 0 spiro atoms. The average molecular weight is 573 g/mol. The molecular formula is C33H40N4O5. The first-order chi connectivity index (χ1) is 20.2. The number of fused-ring (bicyclic) bond motifs is 1. The smallest absolute Gasteiger partial charge is 0.264 e. The van der Waals surface area contributed by atoms with E-state index in [0.717, 1.165) is 51.4 Å². The summed E-state index contributed by atoms with van der Waals surface area (Å²) < 4.78 is 0. The SMILES string of the molecule is NC1(C(=O)[C@H](Cc2ccc(O)cc2)NC(=O)CC2CCCC2)C(=O)N(CC2CC2)c2ccccc2N(CC2CC2)C1=O. The van der Waals surface area contributed by atoms with Gasteiger partial charge in [-0.2, -0.15) is 0 Å². The number of rotatable bonds is 11. The highest BCUT2D eigenvalue weighted by Crippen LogP contribution is 2.42. The molecule has 6 rings (SSSR count). The summed E-state index contributed by atoms with van der Waals surface area (Å²) >= 11 is 0. The molecule has 4 N–H and O–H groups in total. The number of Topliss-reactive ketones (excluding diaryl/α,β-unsaturated/α-hetero) is 1. The van der Waals surface area contributed by atoms with Crippen LogP contribution in [-0.4, -0.2) is 53.3 Å². The van der Waals surface area contributed by atoms with Crippen molar-refractivity contribution in [3.05, 3.63) is 54.1 Å². The summed E-state index contributed by atoms with van der Waals surface area (Å²) in [4.78, 5) is 59.8. The quantitative estimate of drug-likeness (QED) is 0.353. The highest BCUT2D eigenvalue weighted by atomic mass is 16.3. The first-order valence-corrected chi connectivity index (χ1v) is 15.4. The monoisotopic (exact) mass is 572 g/mol. The summed E-state index contributed by atoms with van der Waals surface area (Å²) in [7, 11) is 0. The number of aromatic hydroxyl groups is 1. The van der Waals surface area contributed by atoms with Gasteiger partial charge in [0.2, 0.25) is 11.4 Å². The molecule has 3 fully saturated rings. The summed E-state index contributed by atoms with van der Waals surface area (Å²) in [6.07, 6.45) is 8.29. The number of carbonyl (C=O) groups excluding carboxylic acids is 4. The van der Waals surface area contributed by atoms with Crippen LogP contribution in [0.3, 0.4) is 0 Å². The number of anilines is 2. The van der Waals surface area contributed by atoms with E-state index < -0.39 is 29.2 Å². The van der Waals surface area contributed by atoms with Gasteiger partial charge in [0, 0.05) is 19.5 Å². The molecular weight excluding hydrogens is 532 g/mol. The molecule has 2 aromatic carbocycles. The number of hydrogen-bond donors (Lipinski definition) is 3. The molecule has 222 valence electrons. The number of ketones is 1. The van der Waals surface area contributed by atoms with Crippen molar-refractivity contribution in [1.82, 2.24) is 5.32 Å². The van der Waals surface area contributed by atoms with Gasteiger partial charge in [-0.1, -0.05) is 37.1 Å².